The maximum atomic E-state index is 13.1. The number of anilines is 1. The van der Waals surface area contributed by atoms with E-state index in [4.69, 9.17) is 0 Å². The van der Waals surface area contributed by atoms with E-state index in [9.17, 15) is 18.0 Å². The van der Waals surface area contributed by atoms with E-state index in [1.54, 1.807) is 25.1 Å². The van der Waals surface area contributed by atoms with Crippen molar-refractivity contribution in [2.75, 3.05) is 4.72 Å². The fourth-order valence-corrected chi connectivity index (χ4v) is 5.36. The van der Waals surface area contributed by atoms with Crippen molar-refractivity contribution in [3.63, 3.8) is 0 Å². The molecule has 4 rings (SSSR count). The Kier molecular flexibility index (Phi) is 6.06. The van der Waals surface area contributed by atoms with E-state index in [0.717, 1.165) is 31.2 Å². The molecule has 1 heterocycles. The van der Waals surface area contributed by atoms with Crippen molar-refractivity contribution in [1.29, 1.82) is 0 Å². The molecule has 1 aliphatic rings. The first-order valence-electron chi connectivity index (χ1n) is 10.8. The van der Waals surface area contributed by atoms with Crippen LogP contribution in [0.2, 0.25) is 0 Å². The average molecular weight is 454 g/mol. The van der Waals surface area contributed by atoms with Crippen LogP contribution < -0.4 is 15.5 Å². The number of rotatable bonds is 5. The van der Waals surface area contributed by atoms with Crippen molar-refractivity contribution in [2.45, 2.75) is 50.5 Å². The molecule has 0 radical (unpaired) electrons. The minimum absolute atomic E-state index is 0.0170. The fraction of sp³-hybridized carbons (Fsp3) is 0.333. The lowest BCUT2D eigenvalue weighted by atomic mass is 9.86. The molecule has 2 aromatic carbocycles. The number of para-hydroxylation sites is 1. The first-order valence-corrected chi connectivity index (χ1v) is 12.3. The largest absolute Gasteiger partial charge is 0.360 e. The number of hydrogen-bond acceptors (Lipinski definition) is 4. The average Bonchev–Trinajstić information content (AvgIpc) is 2.77. The molecule has 2 atom stereocenters. The lowest BCUT2D eigenvalue weighted by Crippen LogP contribution is -2.42. The zero-order chi connectivity index (χ0) is 22.9. The van der Waals surface area contributed by atoms with Gasteiger partial charge in [-0.1, -0.05) is 38.0 Å². The number of hydrogen-bond donors (Lipinski definition) is 3. The first kappa shape index (κ1) is 22.1. The zero-order valence-corrected chi connectivity index (χ0v) is 19.0. The molecule has 0 bridgehead atoms. The molecule has 1 fully saturated rings. The number of H-pyrrole nitrogens is 1. The third-order valence-electron chi connectivity index (χ3n) is 6.22. The summed E-state index contributed by atoms with van der Waals surface area (Å²) in [6.07, 6.45) is 5.54. The van der Waals surface area contributed by atoms with Gasteiger partial charge in [-0.3, -0.25) is 14.3 Å². The van der Waals surface area contributed by atoms with E-state index >= 15 is 0 Å². The highest BCUT2D eigenvalue weighted by Gasteiger charge is 2.25. The molecule has 0 spiro atoms. The Bertz CT molecular complexity index is 1330. The molecule has 0 aliphatic heterocycles. The number of carbonyl (C=O) groups excluding carboxylic acids is 1. The van der Waals surface area contributed by atoms with Gasteiger partial charge in [0.25, 0.3) is 15.9 Å². The predicted molar refractivity (Wildman–Crippen MR) is 125 cm³/mol. The van der Waals surface area contributed by atoms with Crippen LogP contribution in [0, 0.1) is 12.8 Å². The molecule has 0 saturated heterocycles. The summed E-state index contributed by atoms with van der Waals surface area (Å²) in [5.74, 6) is -0.0744. The van der Waals surface area contributed by atoms with Crippen molar-refractivity contribution in [3.05, 3.63) is 70.0 Å². The Morgan fingerprint density at radius 1 is 1.09 bits per heavy atom. The van der Waals surface area contributed by atoms with Crippen LogP contribution in [0.25, 0.3) is 10.9 Å². The van der Waals surface area contributed by atoms with Gasteiger partial charge in [0.15, 0.2) is 0 Å². The maximum absolute atomic E-state index is 13.1. The molecule has 1 saturated carbocycles. The number of aryl methyl sites for hydroxylation is 1. The van der Waals surface area contributed by atoms with Gasteiger partial charge < -0.3 is 10.3 Å². The summed E-state index contributed by atoms with van der Waals surface area (Å²) in [6.45, 7) is 3.91. The molecule has 3 aromatic rings. The van der Waals surface area contributed by atoms with Crippen LogP contribution in [0.5, 0.6) is 0 Å². The fourth-order valence-electron chi connectivity index (χ4n) is 4.20. The number of pyridine rings is 1. The van der Waals surface area contributed by atoms with E-state index < -0.39 is 21.4 Å². The van der Waals surface area contributed by atoms with Crippen LogP contribution >= 0.6 is 0 Å². The lowest BCUT2D eigenvalue weighted by molar-refractivity contribution is 0.0909. The van der Waals surface area contributed by atoms with Crippen molar-refractivity contribution in [2.24, 2.45) is 5.92 Å². The molecule has 32 heavy (non-hydrogen) atoms. The van der Waals surface area contributed by atoms with E-state index in [-0.39, 0.29) is 21.9 Å². The normalized spacial score (nSPS) is 18.9. The minimum Gasteiger partial charge on any atom is -0.360 e. The molecule has 3 N–H and O–H groups in total. The second kappa shape index (κ2) is 8.78. The highest BCUT2D eigenvalue weighted by atomic mass is 32.2. The zero-order valence-electron chi connectivity index (χ0n) is 18.1. The summed E-state index contributed by atoms with van der Waals surface area (Å²) < 4.78 is 28.4. The predicted octanol–water partition coefficient (Wildman–Crippen LogP) is 3.95. The van der Waals surface area contributed by atoms with Gasteiger partial charge >= 0.3 is 0 Å². The van der Waals surface area contributed by atoms with Gasteiger partial charge in [0.2, 0.25) is 5.43 Å². The van der Waals surface area contributed by atoms with Gasteiger partial charge in [-0.25, -0.2) is 8.42 Å². The van der Waals surface area contributed by atoms with Gasteiger partial charge in [0, 0.05) is 23.1 Å². The maximum Gasteiger partial charge on any atom is 0.261 e. The number of amides is 1. The molecule has 2 unspecified atom stereocenters. The number of aromatic nitrogens is 1. The van der Waals surface area contributed by atoms with E-state index in [2.05, 4.69) is 21.9 Å². The molecule has 1 aromatic heterocycles. The van der Waals surface area contributed by atoms with Crippen LogP contribution in [0.15, 0.2) is 58.4 Å². The monoisotopic (exact) mass is 453 g/mol. The molecule has 1 amide bonds. The Morgan fingerprint density at radius 2 is 1.84 bits per heavy atom. The third-order valence-corrected chi connectivity index (χ3v) is 7.59. The smallest absolute Gasteiger partial charge is 0.261 e. The van der Waals surface area contributed by atoms with E-state index in [1.165, 1.54) is 24.4 Å². The number of carbonyl (C=O) groups is 1. The Balaban J connectivity index is 1.66. The van der Waals surface area contributed by atoms with Crippen LogP contribution in [-0.4, -0.2) is 25.4 Å². The summed E-state index contributed by atoms with van der Waals surface area (Å²) in [4.78, 5) is 28.8. The van der Waals surface area contributed by atoms with Crippen molar-refractivity contribution in [3.8, 4) is 0 Å². The summed E-state index contributed by atoms with van der Waals surface area (Å²) >= 11 is 0. The van der Waals surface area contributed by atoms with E-state index in [1.807, 2.05) is 6.07 Å². The Morgan fingerprint density at radius 3 is 2.59 bits per heavy atom. The topological polar surface area (TPSA) is 108 Å². The third kappa shape index (κ3) is 4.41. The van der Waals surface area contributed by atoms with Gasteiger partial charge in [-0.15, -0.1) is 0 Å². The van der Waals surface area contributed by atoms with Gasteiger partial charge in [0.1, 0.15) is 5.56 Å². The number of nitrogens with one attached hydrogen (secondary N) is 3. The number of benzene rings is 2. The summed E-state index contributed by atoms with van der Waals surface area (Å²) in [7, 11) is -3.91. The van der Waals surface area contributed by atoms with Crippen molar-refractivity contribution < 1.29 is 13.2 Å². The Labute approximate surface area is 187 Å². The van der Waals surface area contributed by atoms with E-state index in [0.29, 0.717) is 17.1 Å². The summed E-state index contributed by atoms with van der Waals surface area (Å²) in [6, 6.07) is 11.4. The Hall–Kier alpha value is -3.13. The molecule has 168 valence electrons. The highest BCUT2D eigenvalue weighted by molar-refractivity contribution is 7.92. The van der Waals surface area contributed by atoms with Crippen LogP contribution in [0.3, 0.4) is 0 Å². The number of sulfonamides is 1. The van der Waals surface area contributed by atoms with Crippen LogP contribution in [0.1, 0.15) is 48.5 Å². The number of aromatic amines is 1. The molecule has 7 nitrogen and oxygen atoms in total. The minimum atomic E-state index is -3.91. The SMILES string of the molecule is Cc1ccccc1NS(=O)(=O)c1ccc2[nH]cc(C(=O)NC3CCCCC3C)c(=O)c2c1. The highest BCUT2D eigenvalue weighted by Crippen LogP contribution is 2.24. The van der Waals surface area contributed by atoms with Crippen LogP contribution in [-0.2, 0) is 10.0 Å². The quantitative estimate of drug-likeness (QED) is 0.544. The van der Waals surface area contributed by atoms with Gasteiger partial charge in [-0.05, 0) is 55.5 Å². The molecule has 8 heteroatoms. The molecular weight excluding hydrogens is 426 g/mol. The first-order chi connectivity index (χ1) is 15.3. The lowest BCUT2D eigenvalue weighted by Gasteiger charge is -2.29. The van der Waals surface area contributed by atoms with Gasteiger partial charge in [0.05, 0.1) is 10.6 Å². The van der Waals surface area contributed by atoms with Crippen LogP contribution in [0.4, 0.5) is 5.69 Å². The standard InChI is InChI=1S/C24H27N3O4S/c1-15-7-3-5-9-20(15)26-24(29)19-14-25-22-12-11-17(13-18(22)23(19)28)32(30,31)27-21-10-6-4-8-16(21)2/h4,6,8,10-15,20,27H,3,5,7,9H2,1-2H3,(H,25,28)(H,26,29). The van der Waals surface area contributed by atoms with Gasteiger partial charge in [-0.2, -0.15) is 0 Å². The van der Waals surface area contributed by atoms with Crippen molar-refractivity contribution in [1.82, 2.24) is 10.3 Å². The molecular formula is C24H27N3O4S. The second-order valence-corrected chi connectivity index (χ2v) is 10.2. The summed E-state index contributed by atoms with van der Waals surface area (Å²) in [5.41, 5.74) is 1.21. The second-order valence-electron chi connectivity index (χ2n) is 8.50. The van der Waals surface area contributed by atoms with Crippen molar-refractivity contribution >= 4 is 32.5 Å². The molecule has 1 aliphatic carbocycles. The summed E-state index contributed by atoms with van der Waals surface area (Å²) in [5, 5.41) is 3.14. The number of fused-ring (bicyclic) bond motifs is 1.